The van der Waals surface area contributed by atoms with Crippen LogP contribution in [0.25, 0.3) is 0 Å². The van der Waals surface area contributed by atoms with Crippen LogP contribution in [0.5, 0.6) is 0 Å². The second-order valence-corrected chi connectivity index (χ2v) is 4.92. The van der Waals surface area contributed by atoms with Crippen molar-refractivity contribution < 1.29 is 0 Å². The SMILES string of the molecule is CCCN1CC[C@@H](N)[C@@H]1c1cccc(Cl)c1. The van der Waals surface area contributed by atoms with Crippen molar-refractivity contribution in [1.29, 1.82) is 0 Å². The van der Waals surface area contributed by atoms with Crippen molar-refractivity contribution in [1.82, 2.24) is 4.90 Å². The van der Waals surface area contributed by atoms with Crippen molar-refractivity contribution in [2.24, 2.45) is 5.73 Å². The molecule has 0 spiro atoms. The van der Waals surface area contributed by atoms with Gasteiger partial charge in [-0.1, -0.05) is 30.7 Å². The van der Waals surface area contributed by atoms with E-state index in [1.807, 2.05) is 18.2 Å². The van der Waals surface area contributed by atoms with Crippen molar-refractivity contribution in [2.75, 3.05) is 13.1 Å². The van der Waals surface area contributed by atoms with Crippen molar-refractivity contribution in [2.45, 2.75) is 31.8 Å². The van der Waals surface area contributed by atoms with Crippen LogP contribution >= 0.6 is 11.6 Å². The van der Waals surface area contributed by atoms with Crippen LogP contribution in [0.4, 0.5) is 0 Å². The number of benzene rings is 1. The zero-order chi connectivity index (χ0) is 11.5. The van der Waals surface area contributed by atoms with Gasteiger partial charge in [-0.2, -0.15) is 0 Å². The molecule has 0 bridgehead atoms. The summed E-state index contributed by atoms with van der Waals surface area (Å²) in [7, 11) is 0. The molecule has 16 heavy (non-hydrogen) atoms. The Kier molecular flexibility index (Phi) is 3.85. The number of rotatable bonds is 3. The molecule has 1 fully saturated rings. The topological polar surface area (TPSA) is 29.3 Å². The van der Waals surface area contributed by atoms with Gasteiger partial charge in [0.25, 0.3) is 0 Å². The molecule has 1 aliphatic heterocycles. The predicted octanol–water partition coefficient (Wildman–Crippen LogP) is 2.82. The Morgan fingerprint density at radius 3 is 3.00 bits per heavy atom. The minimum Gasteiger partial charge on any atom is -0.326 e. The van der Waals surface area contributed by atoms with Crippen molar-refractivity contribution in [3.05, 3.63) is 34.9 Å². The van der Waals surface area contributed by atoms with Gasteiger partial charge in [-0.05, 0) is 37.1 Å². The molecule has 0 radical (unpaired) electrons. The van der Waals surface area contributed by atoms with Crippen LogP contribution in [0.1, 0.15) is 31.4 Å². The van der Waals surface area contributed by atoms with Crippen molar-refractivity contribution in [3.8, 4) is 0 Å². The molecule has 2 nitrogen and oxygen atoms in total. The average Bonchev–Trinajstić information content (AvgIpc) is 2.60. The van der Waals surface area contributed by atoms with Gasteiger partial charge in [-0.15, -0.1) is 0 Å². The lowest BCUT2D eigenvalue weighted by Gasteiger charge is -2.26. The lowest BCUT2D eigenvalue weighted by molar-refractivity contribution is 0.248. The number of halogens is 1. The molecule has 0 amide bonds. The van der Waals surface area contributed by atoms with E-state index in [1.165, 1.54) is 12.0 Å². The van der Waals surface area contributed by atoms with Crippen LogP contribution in [-0.4, -0.2) is 24.0 Å². The van der Waals surface area contributed by atoms with Crippen LogP contribution in [0.15, 0.2) is 24.3 Å². The summed E-state index contributed by atoms with van der Waals surface area (Å²) < 4.78 is 0. The van der Waals surface area contributed by atoms with Gasteiger partial charge in [0.15, 0.2) is 0 Å². The van der Waals surface area contributed by atoms with Crippen LogP contribution < -0.4 is 5.73 Å². The van der Waals surface area contributed by atoms with E-state index in [-0.39, 0.29) is 6.04 Å². The van der Waals surface area contributed by atoms with E-state index < -0.39 is 0 Å². The summed E-state index contributed by atoms with van der Waals surface area (Å²) in [6.45, 7) is 4.43. The van der Waals surface area contributed by atoms with E-state index in [2.05, 4.69) is 17.9 Å². The van der Waals surface area contributed by atoms with Crippen LogP contribution in [0.2, 0.25) is 5.02 Å². The Balaban J connectivity index is 2.22. The fourth-order valence-electron chi connectivity index (χ4n) is 2.57. The molecule has 88 valence electrons. The van der Waals surface area contributed by atoms with Gasteiger partial charge in [0.1, 0.15) is 0 Å². The normalized spacial score (nSPS) is 26.2. The quantitative estimate of drug-likeness (QED) is 0.878. The molecular weight excluding hydrogens is 220 g/mol. The second kappa shape index (κ2) is 5.17. The maximum absolute atomic E-state index is 6.20. The van der Waals surface area contributed by atoms with Gasteiger partial charge in [-0.25, -0.2) is 0 Å². The Bertz CT molecular complexity index is 352. The number of hydrogen-bond acceptors (Lipinski definition) is 2. The highest BCUT2D eigenvalue weighted by atomic mass is 35.5. The molecular formula is C13H19ClN2. The van der Waals surface area contributed by atoms with E-state index in [9.17, 15) is 0 Å². The third-order valence-electron chi connectivity index (χ3n) is 3.25. The maximum atomic E-state index is 6.20. The van der Waals surface area contributed by atoms with Crippen molar-refractivity contribution in [3.63, 3.8) is 0 Å². The Morgan fingerprint density at radius 2 is 2.31 bits per heavy atom. The maximum Gasteiger partial charge on any atom is 0.0500 e. The third-order valence-corrected chi connectivity index (χ3v) is 3.48. The van der Waals surface area contributed by atoms with Crippen LogP contribution in [-0.2, 0) is 0 Å². The molecule has 0 unspecified atom stereocenters. The molecule has 0 aromatic heterocycles. The average molecular weight is 239 g/mol. The molecule has 1 aliphatic rings. The molecule has 2 N–H and O–H groups in total. The number of nitrogens with two attached hydrogens (primary N) is 1. The van der Waals surface area contributed by atoms with Gasteiger partial charge in [0.2, 0.25) is 0 Å². The molecule has 2 rings (SSSR count). The zero-order valence-electron chi connectivity index (χ0n) is 9.70. The minimum absolute atomic E-state index is 0.241. The smallest absolute Gasteiger partial charge is 0.0500 e. The van der Waals surface area contributed by atoms with E-state index in [0.29, 0.717) is 6.04 Å². The van der Waals surface area contributed by atoms with E-state index in [4.69, 9.17) is 17.3 Å². The number of hydrogen-bond donors (Lipinski definition) is 1. The number of nitrogens with zero attached hydrogens (tertiary/aromatic N) is 1. The summed E-state index contributed by atoms with van der Waals surface area (Å²) in [6.07, 6.45) is 2.25. The van der Waals surface area contributed by atoms with Crippen LogP contribution in [0.3, 0.4) is 0 Å². The lowest BCUT2D eigenvalue weighted by Crippen LogP contribution is -2.32. The minimum atomic E-state index is 0.241. The Hall–Kier alpha value is -0.570. The van der Waals surface area contributed by atoms with Crippen molar-refractivity contribution >= 4 is 11.6 Å². The lowest BCUT2D eigenvalue weighted by atomic mass is 10.0. The van der Waals surface area contributed by atoms with E-state index in [0.717, 1.165) is 24.5 Å². The van der Waals surface area contributed by atoms with Crippen LogP contribution in [0, 0.1) is 0 Å². The zero-order valence-corrected chi connectivity index (χ0v) is 10.5. The Morgan fingerprint density at radius 1 is 1.50 bits per heavy atom. The summed E-state index contributed by atoms with van der Waals surface area (Å²) in [5.41, 5.74) is 7.45. The fourth-order valence-corrected chi connectivity index (χ4v) is 2.77. The summed E-state index contributed by atoms with van der Waals surface area (Å²) in [5, 5.41) is 0.799. The molecule has 1 heterocycles. The molecule has 3 heteroatoms. The standard InChI is InChI=1S/C13H19ClN2/c1-2-7-16-8-6-12(15)13(16)10-4-3-5-11(14)9-10/h3-5,9,12-13H,2,6-8,15H2,1H3/t12-,13+/m1/s1. The van der Waals surface area contributed by atoms with Gasteiger partial charge >= 0.3 is 0 Å². The molecule has 2 atom stereocenters. The molecule has 0 saturated carbocycles. The molecule has 1 saturated heterocycles. The largest absolute Gasteiger partial charge is 0.326 e. The second-order valence-electron chi connectivity index (χ2n) is 4.49. The first-order valence-corrected chi connectivity index (χ1v) is 6.35. The van der Waals surface area contributed by atoms with E-state index >= 15 is 0 Å². The summed E-state index contributed by atoms with van der Waals surface area (Å²) in [5.74, 6) is 0. The molecule has 1 aromatic carbocycles. The first-order chi connectivity index (χ1) is 7.72. The monoisotopic (exact) mass is 238 g/mol. The highest BCUT2D eigenvalue weighted by Crippen LogP contribution is 2.32. The number of likely N-dealkylation sites (tertiary alicyclic amines) is 1. The first-order valence-electron chi connectivity index (χ1n) is 5.97. The molecule has 1 aromatic rings. The predicted molar refractivity (Wildman–Crippen MR) is 68.6 cm³/mol. The van der Waals surface area contributed by atoms with Gasteiger partial charge in [-0.3, -0.25) is 4.90 Å². The van der Waals surface area contributed by atoms with Gasteiger partial charge in [0.05, 0.1) is 0 Å². The molecule has 0 aliphatic carbocycles. The fraction of sp³-hybridized carbons (Fsp3) is 0.538. The Labute approximate surface area is 102 Å². The van der Waals surface area contributed by atoms with Gasteiger partial charge < -0.3 is 5.73 Å². The highest BCUT2D eigenvalue weighted by molar-refractivity contribution is 6.30. The summed E-state index contributed by atoms with van der Waals surface area (Å²) in [6, 6.07) is 8.68. The summed E-state index contributed by atoms with van der Waals surface area (Å²) in [4.78, 5) is 2.47. The first kappa shape index (κ1) is 11.9. The van der Waals surface area contributed by atoms with E-state index in [1.54, 1.807) is 0 Å². The highest BCUT2D eigenvalue weighted by Gasteiger charge is 2.32. The summed E-state index contributed by atoms with van der Waals surface area (Å²) >= 11 is 6.04. The third kappa shape index (κ3) is 2.40. The van der Waals surface area contributed by atoms with Gasteiger partial charge in [0, 0.05) is 23.7 Å².